The average Bonchev–Trinajstić information content (AvgIpc) is 2.44. The summed E-state index contributed by atoms with van der Waals surface area (Å²) in [5.74, 6) is 0.478. The predicted octanol–water partition coefficient (Wildman–Crippen LogP) is 3.94. The van der Waals surface area contributed by atoms with E-state index in [4.69, 9.17) is 0 Å². The lowest BCUT2D eigenvalue weighted by Gasteiger charge is -2.38. The maximum absolute atomic E-state index is 13.9. The lowest BCUT2D eigenvalue weighted by atomic mass is 9.88. The lowest BCUT2D eigenvalue weighted by Crippen LogP contribution is -2.46. The third kappa shape index (κ3) is 4.67. The summed E-state index contributed by atoms with van der Waals surface area (Å²) in [5.41, 5.74) is 1.87. The first-order chi connectivity index (χ1) is 9.63. The van der Waals surface area contributed by atoms with Gasteiger partial charge in [0.25, 0.3) is 0 Å². The van der Waals surface area contributed by atoms with Crippen molar-refractivity contribution in [2.75, 3.05) is 26.2 Å². The molecule has 1 unspecified atom stereocenters. The summed E-state index contributed by atoms with van der Waals surface area (Å²) in [6.07, 6.45) is 2.36. The van der Waals surface area contributed by atoms with Crippen molar-refractivity contribution >= 4 is 12.4 Å². The van der Waals surface area contributed by atoms with Crippen molar-refractivity contribution in [1.82, 2.24) is 10.2 Å². The number of rotatable bonds is 5. The second kappa shape index (κ2) is 8.72. The normalized spacial score (nSPS) is 18.9. The number of benzene rings is 1. The average molecular weight is 315 g/mol. The molecule has 1 aromatic rings. The van der Waals surface area contributed by atoms with Gasteiger partial charge in [0.1, 0.15) is 5.82 Å². The van der Waals surface area contributed by atoms with Crippen LogP contribution in [0.25, 0.3) is 0 Å². The van der Waals surface area contributed by atoms with Crippen LogP contribution in [0.1, 0.15) is 43.9 Å². The fourth-order valence-electron chi connectivity index (χ4n) is 3.27. The van der Waals surface area contributed by atoms with Crippen LogP contribution in [0, 0.1) is 18.7 Å². The molecule has 2 nitrogen and oxygen atoms in total. The number of hydrogen-bond acceptors (Lipinski definition) is 2. The molecule has 0 radical (unpaired) electrons. The van der Waals surface area contributed by atoms with Crippen LogP contribution < -0.4 is 5.32 Å². The monoisotopic (exact) mass is 314 g/mol. The zero-order valence-corrected chi connectivity index (χ0v) is 14.2. The van der Waals surface area contributed by atoms with E-state index in [1.165, 1.54) is 12.8 Å². The van der Waals surface area contributed by atoms with E-state index in [2.05, 4.69) is 30.1 Å². The zero-order chi connectivity index (χ0) is 14.5. The van der Waals surface area contributed by atoms with E-state index in [9.17, 15) is 4.39 Å². The Morgan fingerprint density at radius 1 is 1.29 bits per heavy atom. The van der Waals surface area contributed by atoms with E-state index in [0.29, 0.717) is 12.0 Å². The van der Waals surface area contributed by atoms with Crippen LogP contribution >= 0.6 is 12.4 Å². The standard InChI is InChI=1S/C17H27FN2.ClH/c1-4-5-14(3)17(20-10-8-19-9-11-20)15-7-6-13(2)16(18)12-15;/h6-7,12,14,17,19H,4-5,8-11H2,1-3H3;1H/t14?,17-;/m0./s1. The van der Waals surface area contributed by atoms with E-state index in [1.54, 1.807) is 6.07 Å². The van der Waals surface area contributed by atoms with Crippen LogP contribution in [0.3, 0.4) is 0 Å². The molecule has 2 atom stereocenters. The molecule has 1 fully saturated rings. The van der Waals surface area contributed by atoms with Crippen molar-refractivity contribution in [2.24, 2.45) is 5.92 Å². The summed E-state index contributed by atoms with van der Waals surface area (Å²) in [6.45, 7) is 10.5. The van der Waals surface area contributed by atoms with E-state index in [-0.39, 0.29) is 18.2 Å². The van der Waals surface area contributed by atoms with Crippen molar-refractivity contribution in [2.45, 2.75) is 39.7 Å². The molecule has 1 heterocycles. The lowest BCUT2D eigenvalue weighted by molar-refractivity contribution is 0.126. The molecule has 4 heteroatoms. The van der Waals surface area contributed by atoms with E-state index in [0.717, 1.165) is 37.3 Å². The van der Waals surface area contributed by atoms with Gasteiger partial charge in [-0.3, -0.25) is 4.90 Å². The van der Waals surface area contributed by atoms with Crippen LogP contribution in [0.2, 0.25) is 0 Å². The minimum absolute atomic E-state index is 0. The van der Waals surface area contributed by atoms with Gasteiger partial charge in [0.2, 0.25) is 0 Å². The van der Waals surface area contributed by atoms with Crippen molar-refractivity contribution in [3.8, 4) is 0 Å². The molecule has 0 saturated carbocycles. The largest absolute Gasteiger partial charge is 0.314 e. The Morgan fingerprint density at radius 2 is 1.95 bits per heavy atom. The Balaban J connectivity index is 0.00000220. The van der Waals surface area contributed by atoms with Crippen molar-refractivity contribution in [3.63, 3.8) is 0 Å². The molecule has 120 valence electrons. The third-order valence-corrected chi connectivity index (χ3v) is 4.37. The number of halogens is 2. The fourth-order valence-corrected chi connectivity index (χ4v) is 3.27. The molecular weight excluding hydrogens is 287 g/mol. The summed E-state index contributed by atoms with van der Waals surface area (Å²) >= 11 is 0. The van der Waals surface area contributed by atoms with Gasteiger partial charge in [-0.05, 0) is 36.5 Å². The number of hydrogen-bond donors (Lipinski definition) is 1. The highest BCUT2D eigenvalue weighted by Crippen LogP contribution is 2.32. The topological polar surface area (TPSA) is 15.3 Å². The molecule has 0 aliphatic carbocycles. The van der Waals surface area contributed by atoms with Crippen molar-refractivity contribution < 1.29 is 4.39 Å². The van der Waals surface area contributed by atoms with Crippen LogP contribution in [0.5, 0.6) is 0 Å². The van der Waals surface area contributed by atoms with Gasteiger partial charge in [-0.2, -0.15) is 0 Å². The molecule has 0 bridgehead atoms. The minimum atomic E-state index is -0.0775. The quantitative estimate of drug-likeness (QED) is 0.885. The highest BCUT2D eigenvalue weighted by atomic mass is 35.5. The van der Waals surface area contributed by atoms with Crippen molar-refractivity contribution in [1.29, 1.82) is 0 Å². The summed E-state index contributed by atoms with van der Waals surface area (Å²) in [5, 5.41) is 3.40. The molecule has 21 heavy (non-hydrogen) atoms. The molecule has 1 aliphatic heterocycles. The smallest absolute Gasteiger partial charge is 0.126 e. The zero-order valence-electron chi connectivity index (χ0n) is 13.4. The summed E-state index contributed by atoms with van der Waals surface area (Å²) in [7, 11) is 0. The maximum atomic E-state index is 13.9. The first-order valence-corrected chi connectivity index (χ1v) is 7.84. The fraction of sp³-hybridized carbons (Fsp3) is 0.647. The first-order valence-electron chi connectivity index (χ1n) is 7.84. The van der Waals surface area contributed by atoms with E-state index < -0.39 is 0 Å². The number of nitrogens with zero attached hydrogens (tertiary/aromatic N) is 1. The van der Waals surface area contributed by atoms with Crippen LogP contribution in [-0.2, 0) is 0 Å². The van der Waals surface area contributed by atoms with Gasteiger partial charge in [-0.15, -0.1) is 12.4 Å². The third-order valence-electron chi connectivity index (χ3n) is 4.37. The van der Waals surface area contributed by atoms with Gasteiger partial charge < -0.3 is 5.32 Å². The highest BCUT2D eigenvalue weighted by molar-refractivity contribution is 5.85. The number of piperazine rings is 1. The molecule has 1 saturated heterocycles. The van der Waals surface area contributed by atoms with E-state index in [1.807, 2.05) is 13.0 Å². The summed E-state index contributed by atoms with van der Waals surface area (Å²) in [4.78, 5) is 2.51. The Bertz CT molecular complexity index is 433. The van der Waals surface area contributed by atoms with Crippen molar-refractivity contribution in [3.05, 3.63) is 35.1 Å². The summed E-state index contributed by atoms with van der Waals surface area (Å²) in [6, 6.07) is 6.11. The minimum Gasteiger partial charge on any atom is -0.314 e. The highest BCUT2D eigenvalue weighted by Gasteiger charge is 2.27. The maximum Gasteiger partial charge on any atom is 0.126 e. The molecule has 2 rings (SSSR count). The second-order valence-corrected chi connectivity index (χ2v) is 6.01. The van der Waals surface area contributed by atoms with Gasteiger partial charge >= 0.3 is 0 Å². The van der Waals surface area contributed by atoms with Gasteiger partial charge in [-0.25, -0.2) is 4.39 Å². The van der Waals surface area contributed by atoms with Gasteiger partial charge in [0.05, 0.1) is 0 Å². The first kappa shape index (κ1) is 18.4. The molecular formula is C17H28ClFN2. The second-order valence-electron chi connectivity index (χ2n) is 6.01. The molecule has 0 spiro atoms. The Hall–Kier alpha value is -0.640. The SMILES string of the molecule is CCCC(C)[C@@H](c1ccc(C)c(F)c1)N1CCNCC1.Cl. The van der Waals surface area contributed by atoms with Gasteiger partial charge in [0, 0.05) is 32.2 Å². The summed E-state index contributed by atoms with van der Waals surface area (Å²) < 4.78 is 13.9. The Morgan fingerprint density at radius 3 is 2.52 bits per heavy atom. The molecule has 1 aromatic carbocycles. The number of aryl methyl sites for hydroxylation is 1. The molecule has 1 aliphatic rings. The predicted molar refractivity (Wildman–Crippen MR) is 89.6 cm³/mol. The van der Waals surface area contributed by atoms with Gasteiger partial charge in [-0.1, -0.05) is 32.4 Å². The van der Waals surface area contributed by atoms with E-state index >= 15 is 0 Å². The molecule has 1 N–H and O–H groups in total. The number of nitrogens with one attached hydrogen (secondary N) is 1. The Labute approximate surface area is 134 Å². The van der Waals surface area contributed by atoms with Crippen LogP contribution in [-0.4, -0.2) is 31.1 Å². The molecule has 0 amide bonds. The van der Waals surface area contributed by atoms with Crippen LogP contribution in [0.4, 0.5) is 4.39 Å². The van der Waals surface area contributed by atoms with Crippen LogP contribution in [0.15, 0.2) is 18.2 Å². The van der Waals surface area contributed by atoms with Gasteiger partial charge in [0.15, 0.2) is 0 Å². The molecule has 0 aromatic heterocycles. The Kier molecular flexibility index (Phi) is 7.64.